The fraction of sp³-hybridized carbons (Fsp3) is 0.500. The van der Waals surface area contributed by atoms with Gasteiger partial charge in [-0.05, 0) is 56.5 Å². The minimum absolute atomic E-state index is 0.113. The Balaban J connectivity index is 2.77. The van der Waals surface area contributed by atoms with Crippen molar-refractivity contribution in [2.45, 2.75) is 47.1 Å². The summed E-state index contributed by atoms with van der Waals surface area (Å²) in [5.74, 6) is -0.113. The zero-order valence-corrected chi connectivity index (χ0v) is 12.1. The molecule has 0 bridgehead atoms. The zero-order chi connectivity index (χ0) is 13.7. The average molecular weight is 249 g/mol. The molecule has 1 rings (SSSR count). The highest BCUT2D eigenvalue weighted by Crippen LogP contribution is 2.23. The number of aryl methyl sites for hydroxylation is 2. The molecule has 18 heavy (non-hydrogen) atoms. The first-order valence-electron chi connectivity index (χ1n) is 6.59. The van der Waals surface area contributed by atoms with E-state index in [0.29, 0.717) is 6.04 Å². The van der Waals surface area contributed by atoms with Gasteiger partial charge >= 0.3 is 0 Å². The third-order valence-corrected chi connectivity index (χ3v) is 2.97. The van der Waals surface area contributed by atoms with E-state index in [0.717, 1.165) is 35.2 Å². The van der Waals surface area contributed by atoms with Crippen molar-refractivity contribution in [3.8, 4) is 0 Å². The maximum absolute atomic E-state index is 13.9. The van der Waals surface area contributed by atoms with Gasteiger partial charge < -0.3 is 5.32 Å². The molecule has 1 aromatic rings. The first kappa shape index (κ1) is 14.9. The van der Waals surface area contributed by atoms with Crippen LogP contribution >= 0.6 is 0 Å². The minimum atomic E-state index is -0.113. The molecule has 0 saturated heterocycles. The van der Waals surface area contributed by atoms with Crippen LogP contribution in [-0.4, -0.2) is 12.6 Å². The second-order valence-electron chi connectivity index (χ2n) is 5.22. The van der Waals surface area contributed by atoms with Gasteiger partial charge in [0.05, 0.1) is 0 Å². The summed E-state index contributed by atoms with van der Waals surface area (Å²) in [6.07, 6.45) is 3.03. The summed E-state index contributed by atoms with van der Waals surface area (Å²) >= 11 is 0. The van der Waals surface area contributed by atoms with E-state index >= 15 is 0 Å². The molecule has 2 heteroatoms. The van der Waals surface area contributed by atoms with Crippen LogP contribution in [0.15, 0.2) is 18.2 Å². The van der Waals surface area contributed by atoms with Crippen molar-refractivity contribution in [2.75, 3.05) is 6.54 Å². The molecule has 0 radical (unpaired) electrons. The smallest absolute Gasteiger partial charge is 0.131 e. The van der Waals surface area contributed by atoms with Gasteiger partial charge in [0.1, 0.15) is 5.82 Å². The fourth-order valence-corrected chi connectivity index (χ4v) is 2.18. The molecule has 0 atom stereocenters. The summed E-state index contributed by atoms with van der Waals surface area (Å²) in [7, 11) is 0. The van der Waals surface area contributed by atoms with Gasteiger partial charge in [0.2, 0.25) is 0 Å². The number of hydrogen-bond acceptors (Lipinski definition) is 1. The summed E-state index contributed by atoms with van der Waals surface area (Å²) in [5.41, 5.74) is 3.77. The second kappa shape index (κ2) is 6.69. The first-order chi connectivity index (χ1) is 8.41. The van der Waals surface area contributed by atoms with Crippen LogP contribution in [0.3, 0.4) is 0 Å². The SMILES string of the molecule is C/C(=C/CCNC(C)C)c1c(C)cc(C)cc1F. The van der Waals surface area contributed by atoms with Crippen LogP contribution in [-0.2, 0) is 0 Å². The quantitative estimate of drug-likeness (QED) is 0.770. The van der Waals surface area contributed by atoms with Crippen LogP contribution in [0.2, 0.25) is 0 Å². The van der Waals surface area contributed by atoms with Crippen molar-refractivity contribution >= 4 is 5.57 Å². The molecule has 0 fully saturated rings. The average Bonchev–Trinajstić information content (AvgIpc) is 2.22. The van der Waals surface area contributed by atoms with Crippen molar-refractivity contribution < 1.29 is 4.39 Å². The molecule has 0 spiro atoms. The molecule has 0 aliphatic carbocycles. The van der Waals surface area contributed by atoms with Gasteiger partial charge in [-0.1, -0.05) is 26.0 Å². The van der Waals surface area contributed by atoms with E-state index in [1.165, 1.54) is 0 Å². The van der Waals surface area contributed by atoms with Crippen molar-refractivity contribution in [2.24, 2.45) is 0 Å². The molecule has 1 nitrogen and oxygen atoms in total. The lowest BCUT2D eigenvalue weighted by atomic mass is 9.98. The van der Waals surface area contributed by atoms with Gasteiger partial charge in [0.25, 0.3) is 0 Å². The van der Waals surface area contributed by atoms with Crippen LogP contribution < -0.4 is 5.32 Å². The number of allylic oxidation sites excluding steroid dienone is 1. The lowest BCUT2D eigenvalue weighted by molar-refractivity contribution is 0.594. The number of rotatable bonds is 5. The number of hydrogen-bond donors (Lipinski definition) is 1. The molecule has 1 N–H and O–H groups in total. The lowest BCUT2D eigenvalue weighted by Crippen LogP contribution is -2.23. The Bertz CT molecular complexity index is 410. The molecule has 0 amide bonds. The van der Waals surface area contributed by atoms with Gasteiger partial charge in [-0.3, -0.25) is 0 Å². The molecule has 0 aromatic heterocycles. The highest BCUT2D eigenvalue weighted by atomic mass is 19.1. The van der Waals surface area contributed by atoms with Crippen LogP contribution in [0.4, 0.5) is 4.39 Å². The van der Waals surface area contributed by atoms with Crippen molar-refractivity contribution in [1.82, 2.24) is 5.32 Å². The molecule has 1 aromatic carbocycles. The van der Waals surface area contributed by atoms with Gasteiger partial charge in [-0.2, -0.15) is 0 Å². The van der Waals surface area contributed by atoms with Gasteiger partial charge in [0.15, 0.2) is 0 Å². The fourth-order valence-electron chi connectivity index (χ4n) is 2.18. The number of nitrogens with one attached hydrogen (secondary N) is 1. The van der Waals surface area contributed by atoms with E-state index in [9.17, 15) is 4.39 Å². The van der Waals surface area contributed by atoms with E-state index in [-0.39, 0.29) is 5.82 Å². The highest BCUT2D eigenvalue weighted by Gasteiger charge is 2.08. The summed E-state index contributed by atoms with van der Waals surface area (Å²) in [5, 5.41) is 3.35. The van der Waals surface area contributed by atoms with Crippen molar-refractivity contribution in [3.63, 3.8) is 0 Å². The van der Waals surface area contributed by atoms with Crippen LogP contribution in [0.1, 0.15) is 43.9 Å². The number of halogens is 1. The van der Waals surface area contributed by atoms with Gasteiger partial charge in [0, 0.05) is 11.6 Å². The van der Waals surface area contributed by atoms with E-state index < -0.39 is 0 Å². The lowest BCUT2D eigenvalue weighted by Gasteiger charge is -2.10. The molecule has 100 valence electrons. The van der Waals surface area contributed by atoms with Gasteiger partial charge in [-0.25, -0.2) is 4.39 Å². The van der Waals surface area contributed by atoms with Gasteiger partial charge in [-0.15, -0.1) is 0 Å². The molecule has 0 aliphatic rings. The summed E-state index contributed by atoms with van der Waals surface area (Å²) in [6, 6.07) is 4.13. The summed E-state index contributed by atoms with van der Waals surface area (Å²) < 4.78 is 13.9. The monoisotopic (exact) mass is 249 g/mol. The second-order valence-corrected chi connectivity index (χ2v) is 5.22. The standard InChI is InChI=1S/C16H24FN/c1-11(2)18-8-6-7-13(4)16-14(5)9-12(3)10-15(16)17/h7,9-11,18H,6,8H2,1-5H3/b13-7-. The topological polar surface area (TPSA) is 12.0 Å². The van der Waals surface area contributed by atoms with Crippen molar-refractivity contribution in [1.29, 1.82) is 0 Å². The largest absolute Gasteiger partial charge is 0.314 e. The Kier molecular flexibility index (Phi) is 5.54. The number of benzene rings is 1. The summed E-state index contributed by atoms with van der Waals surface area (Å²) in [4.78, 5) is 0. The van der Waals surface area contributed by atoms with E-state index in [1.807, 2.05) is 26.8 Å². The predicted octanol–water partition coefficient (Wildman–Crippen LogP) is 4.23. The normalized spacial score (nSPS) is 12.3. The Morgan fingerprint density at radius 3 is 2.56 bits per heavy atom. The Labute approximate surface area is 110 Å². The molecule has 0 heterocycles. The third-order valence-electron chi connectivity index (χ3n) is 2.97. The summed E-state index contributed by atoms with van der Waals surface area (Å²) in [6.45, 7) is 11.1. The first-order valence-corrected chi connectivity index (χ1v) is 6.59. The Morgan fingerprint density at radius 1 is 1.33 bits per heavy atom. The molecule has 0 aliphatic heterocycles. The molecular formula is C16H24FN. The van der Waals surface area contributed by atoms with E-state index in [2.05, 4.69) is 25.2 Å². The van der Waals surface area contributed by atoms with Crippen LogP contribution in [0.25, 0.3) is 5.57 Å². The zero-order valence-electron chi connectivity index (χ0n) is 12.1. The Morgan fingerprint density at radius 2 is 2.00 bits per heavy atom. The Hall–Kier alpha value is -1.15. The highest BCUT2D eigenvalue weighted by molar-refractivity contribution is 5.67. The maximum Gasteiger partial charge on any atom is 0.131 e. The predicted molar refractivity (Wildman–Crippen MR) is 77.3 cm³/mol. The third kappa shape index (κ3) is 4.26. The van der Waals surface area contributed by atoms with Crippen molar-refractivity contribution in [3.05, 3.63) is 40.7 Å². The van der Waals surface area contributed by atoms with Crippen LogP contribution in [0, 0.1) is 19.7 Å². The maximum atomic E-state index is 13.9. The molecular weight excluding hydrogens is 225 g/mol. The molecule has 0 saturated carbocycles. The molecule has 0 unspecified atom stereocenters. The van der Waals surface area contributed by atoms with Crippen LogP contribution in [0.5, 0.6) is 0 Å². The van der Waals surface area contributed by atoms with E-state index in [1.54, 1.807) is 6.07 Å². The minimum Gasteiger partial charge on any atom is -0.314 e. The van der Waals surface area contributed by atoms with E-state index in [4.69, 9.17) is 0 Å².